The van der Waals surface area contributed by atoms with E-state index in [4.69, 9.17) is 0 Å². The minimum absolute atomic E-state index is 0.0391. The van der Waals surface area contributed by atoms with Crippen LogP contribution in [0.1, 0.15) is 17.2 Å². The van der Waals surface area contributed by atoms with E-state index in [1.54, 1.807) is 13.1 Å². The third-order valence-corrected chi connectivity index (χ3v) is 4.75. The summed E-state index contributed by atoms with van der Waals surface area (Å²) in [4.78, 5) is 26.3. The lowest BCUT2D eigenvalue weighted by Gasteiger charge is -2.24. The molecule has 1 unspecified atom stereocenters. The number of hydrogen-bond acceptors (Lipinski definition) is 2. The lowest BCUT2D eigenvalue weighted by Crippen LogP contribution is -3.11. The minimum atomic E-state index is -0.592. The Morgan fingerprint density at radius 3 is 2.27 bits per heavy atom. The Morgan fingerprint density at radius 2 is 1.60 bits per heavy atom. The molecular weight excluding hydrogens is 381 g/mol. The van der Waals surface area contributed by atoms with Crippen LogP contribution in [0.4, 0.5) is 15.8 Å². The minimum Gasteiger partial charge on any atom is -0.321 e. The Hall–Kier alpha value is -3.51. The molecule has 0 spiro atoms. The first-order valence-electron chi connectivity index (χ1n) is 9.72. The molecule has 154 valence electrons. The lowest BCUT2D eigenvalue weighted by atomic mass is 10.0. The summed E-state index contributed by atoms with van der Waals surface area (Å²) in [5.41, 5.74) is 2.99. The molecule has 0 fully saturated rings. The van der Waals surface area contributed by atoms with E-state index in [1.807, 2.05) is 61.5 Å². The van der Waals surface area contributed by atoms with Crippen LogP contribution < -0.4 is 15.5 Å². The van der Waals surface area contributed by atoms with Gasteiger partial charge in [-0.05, 0) is 37.3 Å². The maximum atomic E-state index is 13.4. The molecule has 0 saturated carbocycles. The number of benzene rings is 3. The van der Waals surface area contributed by atoms with Crippen molar-refractivity contribution < 1.29 is 18.9 Å². The van der Waals surface area contributed by atoms with E-state index in [0.29, 0.717) is 16.3 Å². The summed E-state index contributed by atoms with van der Waals surface area (Å²) in [6, 6.07) is 22.0. The Balaban J connectivity index is 1.75. The summed E-state index contributed by atoms with van der Waals surface area (Å²) in [6.45, 7) is 2.02. The molecule has 3 rings (SSSR count). The summed E-state index contributed by atoms with van der Waals surface area (Å²) < 4.78 is 13.4. The highest BCUT2D eigenvalue weighted by atomic mass is 19.1. The standard InChI is InChI=1S/C24H24FN3O2/c1-17-11-13-20(14-12-17)27-24(30)23(18-7-4-3-5-8-18)28(2)16-22(29)26-21-10-6-9-19(25)15-21/h3-15,23H,16H2,1-2H3,(H,26,29)(H,27,30)/p+1/t23-/m1/s1. The zero-order valence-electron chi connectivity index (χ0n) is 17.0. The van der Waals surface area contributed by atoms with Gasteiger partial charge < -0.3 is 15.5 Å². The fourth-order valence-corrected chi connectivity index (χ4v) is 3.28. The maximum absolute atomic E-state index is 13.4. The number of carbonyl (C=O) groups is 2. The molecule has 6 heteroatoms. The first-order valence-corrected chi connectivity index (χ1v) is 9.72. The Kier molecular flexibility index (Phi) is 6.93. The van der Waals surface area contributed by atoms with Crippen LogP contribution in [-0.2, 0) is 9.59 Å². The lowest BCUT2D eigenvalue weighted by molar-refractivity contribution is -0.893. The van der Waals surface area contributed by atoms with Gasteiger partial charge in [0.05, 0.1) is 7.05 Å². The fraction of sp³-hybridized carbons (Fsp3) is 0.167. The highest BCUT2D eigenvalue weighted by molar-refractivity contribution is 5.95. The van der Waals surface area contributed by atoms with E-state index < -0.39 is 11.9 Å². The van der Waals surface area contributed by atoms with Gasteiger partial charge in [0.1, 0.15) is 5.82 Å². The number of nitrogens with one attached hydrogen (secondary N) is 3. The molecule has 0 aliphatic carbocycles. The smallest absolute Gasteiger partial charge is 0.287 e. The number of quaternary nitrogens is 1. The third kappa shape index (κ3) is 5.75. The van der Waals surface area contributed by atoms with Crippen molar-refractivity contribution in [1.82, 2.24) is 0 Å². The second-order valence-corrected chi connectivity index (χ2v) is 7.28. The van der Waals surface area contributed by atoms with E-state index in [2.05, 4.69) is 10.6 Å². The Morgan fingerprint density at radius 1 is 0.900 bits per heavy atom. The number of likely N-dealkylation sites (N-methyl/N-ethyl adjacent to an activating group) is 1. The molecule has 3 N–H and O–H groups in total. The van der Waals surface area contributed by atoms with Crippen LogP contribution in [0.25, 0.3) is 0 Å². The van der Waals surface area contributed by atoms with Crippen molar-refractivity contribution in [3.8, 4) is 0 Å². The van der Waals surface area contributed by atoms with Gasteiger partial charge in [-0.2, -0.15) is 0 Å². The van der Waals surface area contributed by atoms with Crippen LogP contribution in [0.5, 0.6) is 0 Å². The molecule has 0 aromatic heterocycles. The molecule has 0 aliphatic heterocycles. The van der Waals surface area contributed by atoms with Crippen molar-refractivity contribution >= 4 is 23.2 Å². The summed E-state index contributed by atoms with van der Waals surface area (Å²) in [5.74, 6) is -0.934. The van der Waals surface area contributed by atoms with Crippen LogP contribution in [0.3, 0.4) is 0 Å². The van der Waals surface area contributed by atoms with Crippen LogP contribution >= 0.6 is 0 Å². The molecule has 0 saturated heterocycles. The first-order chi connectivity index (χ1) is 14.4. The molecule has 2 amide bonds. The third-order valence-electron chi connectivity index (χ3n) is 4.75. The molecule has 3 aromatic rings. The highest BCUT2D eigenvalue weighted by Crippen LogP contribution is 2.15. The van der Waals surface area contributed by atoms with E-state index >= 15 is 0 Å². The SMILES string of the molecule is Cc1ccc(NC(=O)[C@@H](c2ccccc2)[NH+](C)CC(=O)Nc2cccc(F)c2)cc1. The molecule has 0 bridgehead atoms. The quantitative estimate of drug-likeness (QED) is 0.565. The van der Waals surface area contributed by atoms with Crippen LogP contribution in [0.15, 0.2) is 78.9 Å². The van der Waals surface area contributed by atoms with Gasteiger partial charge in [-0.3, -0.25) is 9.59 Å². The maximum Gasteiger partial charge on any atom is 0.287 e. The number of amides is 2. The van der Waals surface area contributed by atoms with Crippen molar-refractivity contribution in [3.63, 3.8) is 0 Å². The molecule has 5 nitrogen and oxygen atoms in total. The Labute approximate surface area is 175 Å². The van der Waals surface area contributed by atoms with Crippen molar-refractivity contribution in [3.05, 3.63) is 95.8 Å². The molecular formula is C24H25FN3O2+. The molecule has 0 aliphatic rings. The average molecular weight is 406 g/mol. The number of anilines is 2. The number of hydrogen-bond donors (Lipinski definition) is 3. The summed E-state index contributed by atoms with van der Waals surface area (Å²) in [5, 5.41) is 5.62. The number of halogens is 1. The van der Waals surface area contributed by atoms with E-state index in [-0.39, 0.29) is 18.4 Å². The number of carbonyl (C=O) groups excluding carboxylic acids is 2. The fourth-order valence-electron chi connectivity index (χ4n) is 3.28. The van der Waals surface area contributed by atoms with E-state index in [9.17, 15) is 14.0 Å². The van der Waals surface area contributed by atoms with Crippen LogP contribution in [0, 0.1) is 12.7 Å². The van der Waals surface area contributed by atoms with Gasteiger partial charge in [-0.1, -0.05) is 54.1 Å². The van der Waals surface area contributed by atoms with Gasteiger partial charge in [0, 0.05) is 16.9 Å². The second kappa shape index (κ2) is 9.80. The van der Waals surface area contributed by atoms with Crippen molar-refractivity contribution in [2.45, 2.75) is 13.0 Å². The average Bonchev–Trinajstić information content (AvgIpc) is 2.70. The predicted octanol–water partition coefficient (Wildman–Crippen LogP) is 2.97. The summed E-state index contributed by atoms with van der Waals surface area (Å²) >= 11 is 0. The Bertz CT molecular complexity index is 1010. The van der Waals surface area contributed by atoms with Gasteiger partial charge >= 0.3 is 0 Å². The normalized spacial score (nSPS) is 12.6. The van der Waals surface area contributed by atoms with Crippen LogP contribution in [-0.4, -0.2) is 25.4 Å². The van der Waals surface area contributed by atoms with E-state index in [1.165, 1.54) is 18.2 Å². The van der Waals surface area contributed by atoms with Crippen molar-refractivity contribution in [2.75, 3.05) is 24.2 Å². The summed E-state index contributed by atoms with van der Waals surface area (Å²) in [6.07, 6.45) is 0. The van der Waals surface area contributed by atoms with Crippen molar-refractivity contribution in [2.24, 2.45) is 0 Å². The van der Waals surface area contributed by atoms with Gasteiger partial charge in [-0.15, -0.1) is 0 Å². The molecule has 0 heterocycles. The second-order valence-electron chi connectivity index (χ2n) is 7.28. The largest absolute Gasteiger partial charge is 0.321 e. The van der Waals surface area contributed by atoms with Crippen LogP contribution in [0.2, 0.25) is 0 Å². The number of rotatable bonds is 7. The molecule has 2 atom stereocenters. The van der Waals surface area contributed by atoms with Gasteiger partial charge in [-0.25, -0.2) is 4.39 Å². The monoisotopic (exact) mass is 406 g/mol. The highest BCUT2D eigenvalue weighted by Gasteiger charge is 2.30. The van der Waals surface area contributed by atoms with E-state index in [0.717, 1.165) is 11.1 Å². The molecule has 30 heavy (non-hydrogen) atoms. The zero-order valence-corrected chi connectivity index (χ0v) is 17.0. The van der Waals surface area contributed by atoms with Gasteiger partial charge in [0.2, 0.25) is 0 Å². The summed E-state index contributed by atoms with van der Waals surface area (Å²) in [7, 11) is 1.79. The van der Waals surface area contributed by atoms with Crippen molar-refractivity contribution in [1.29, 1.82) is 0 Å². The predicted molar refractivity (Wildman–Crippen MR) is 116 cm³/mol. The topological polar surface area (TPSA) is 62.6 Å². The molecule has 0 radical (unpaired) electrons. The van der Waals surface area contributed by atoms with Gasteiger partial charge in [0.15, 0.2) is 12.6 Å². The van der Waals surface area contributed by atoms with Gasteiger partial charge in [0.25, 0.3) is 11.8 Å². The zero-order chi connectivity index (χ0) is 21.5. The molecule has 3 aromatic carbocycles. The number of aryl methyl sites for hydroxylation is 1. The first kappa shape index (κ1) is 21.2.